The fourth-order valence-corrected chi connectivity index (χ4v) is 8.75. The Kier molecular flexibility index (Phi) is 11.1. The number of amides is 4. The van der Waals surface area contributed by atoms with E-state index in [1.165, 1.54) is 30.0 Å². The molecule has 2 atom stereocenters. The van der Waals surface area contributed by atoms with E-state index >= 15 is 0 Å². The Hall–Kier alpha value is -5.46. The molecule has 19 heteroatoms. The van der Waals surface area contributed by atoms with Crippen LogP contribution in [-0.2, 0) is 41.9 Å². The molecule has 0 spiro atoms. The number of aliphatic carboxylic acids is 1. The maximum absolute atomic E-state index is 13.4. The van der Waals surface area contributed by atoms with Crippen molar-refractivity contribution in [3.8, 4) is 5.75 Å². The van der Waals surface area contributed by atoms with Gasteiger partial charge in [0.05, 0.1) is 5.02 Å². The normalized spacial score (nSPS) is 20.8. The van der Waals surface area contributed by atoms with Crippen LogP contribution in [0.2, 0.25) is 5.02 Å². The summed E-state index contributed by atoms with van der Waals surface area (Å²) in [7, 11) is 0. The number of benzene rings is 1. The minimum atomic E-state index is -1.32. The number of thioether (sulfide) groups is 1. The molecule has 4 aliphatic rings. The van der Waals surface area contributed by atoms with Gasteiger partial charge in [-0.25, -0.2) is 9.78 Å². The number of carboxylic acids is 1. The quantitative estimate of drug-likeness (QED) is 0.0447. The second-order valence-electron chi connectivity index (χ2n) is 13.3. The Balaban J connectivity index is 0.977. The number of nitrogens with zero attached hydrogens (tertiary/aromatic N) is 5. The van der Waals surface area contributed by atoms with E-state index in [4.69, 9.17) is 22.2 Å². The second-order valence-corrected chi connectivity index (χ2v) is 15.7. The summed E-state index contributed by atoms with van der Waals surface area (Å²) in [6, 6.07) is 6.96. The van der Waals surface area contributed by atoms with Crippen LogP contribution in [0.1, 0.15) is 43.4 Å². The number of fused-ring (bicyclic) bond motifs is 1. The number of carbonyl (C=O) groups excluding carboxylic acids is 4. The number of hydrogen-bond acceptors (Lipinski definition) is 12. The Morgan fingerprint density at radius 2 is 1.93 bits per heavy atom. The van der Waals surface area contributed by atoms with E-state index in [9.17, 15) is 34.2 Å². The van der Waals surface area contributed by atoms with Gasteiger partial charge in [0.15, 0.2) is 23.2 Å². The molecule has 0 radical (unpaired) electrons. The molecule has 3 aliphatic heterocycles. The molecule has 55 heavy (non-hydrogen) atoms. The molecular formula is C36H36ClN8O8S2+. The van der Waals surface area contributed by atoms with E-state index in [1.807, 2.05) is 0 Å². The molecule has 1 saturated carbocycles. The van der Waals surface area contributed by atoms with Gasteiger partial charge in [-0.3, -0.25) is 24.1 Å². The number of oxime groups is 1. The Morgan fingerprint density at radius 1 is 1.16 bits per heavy atom. The van der Waals surface area contributed by atoms with E-state index in [-0.39, 0.29) is 63.2 Å². The first kappa shape index (κ1) is 37.8. The number of β-lactam (4-membered cyclic amide) rings is 1. The van der Waals surface area contributed by atoms with Gasteiger partial charge in [0.2, 0.25) is 12.5 Å². The zero-order chi connectivity index (χ0) is 38.8. The third-order valence-corrected chi connectivity index (χ3v) is 11.8. The number of likely N-dealkylation sites (tertiary alicyclic amines) is 1. The smallest absolute Gasteiger partial charge is 0.352 e. The fraction of sp³-hybridized carbons (Fsp3) is 0.333. The summed E-state index contributed by atoms with van der Waals surface area (Å²) in [4.78, 5) is 78.0. The molecule has 2 saturated heterocycles. The van der Waals surface area contributed by atoms with Crippen molar-refractivity contribution in [2.24, 2.45) is 5.16 Å². The number of rotatable bonds is 12. The molecule has 5 heterocycles. The van der Waals surface area contributed by atoms with Gasteiger partial charge >= 0.3 is 5.97 Å². The molecule has 3 fully saturated rings. The number of nitrogens with two attached hydrogens (primary N) is 1. The van der Waals surface area contributed by atoms with Crippen molar-refractivity contribution in [2.45, 2.75) is 62.7 Å². The Labute approximate surface area is 327 Å². The molecule has 2 aromatic heterocycles. The van der Waals surface area contributed by atoms with E-state index in [0.717, 1.165) is 47.5 Å². The minimum absolute atomic E-state index is 0.0214. The first-order valence-corrected chi connectivity index (χ1v) is 19.7. The van der Waals surface area contributed by atoms with E-state index in [1.54, 1.807) is 45.4 Å². The van der Waals surface area contributed by atoms with Crippen LogP contribution < -0.4 is 20.9 Å². The molecule has 4 amide bonds. The first-order valence-electron chi connectivity index (χ1n) is 17.4. The highest BCUT2D eigenvalue weighted by molar-refractivity contribution is 8.00. The van der Waals surface area contributed by atoms with Crippen molar-refractivity contribution in [3.63, 3.8) is 0 Å². The number of aromatic nitrogens is 2. The van der Waals surface area contributed by atoms with Gasteiger partial charge in [-0.2, -0.15) is 4.57 Å². The van der Waals surface area contributed by atoms with Crippen LogP contribution >= 0.6 is 34.7 Å². The van der Waals surface area contributed by atoms with Crippen LogP contribution in [0.4, 0.5) is 10.8 Å². The summed E-state index contributed by atoms with van der Waals surface area (Å²) in [6.45, 7) is 0.735. The number of carboxylic acid groups (broad SMARTS) is 1. The highest BCUT2D eigenvalue weighted by Crippen LogP contribution is 2.41. The van der Waals surface area contributed by atoms with Crippen LogP contribution in [-0.4, -0.2) is 90.1 Å². The van der Waals surface area contributed by atoms with Gasteiger partial charge in [-0.1, -0.05) is 16.8 Å². The molecule has 1 aliphatic carbocycles. The predicted octanol–water partition coefficient (Wildman–Crippen LogP) is 2.77. The molecular weight excluding hydrogens is 772 g/mol. The maximum Gasteiger partial charge on any atom is 0.352 e. The monoisotopic (exact) mass is 807 g/mol. The van der Waals surface area contributed by atoms with Gasteiger partial charge in [0.1, 0.15) is 34.7 Å². The summed E-state index contributed by atoms with van der Waals surface area (Å²) < 4.78 is 1.67. The van der Waals surface area contributed by atoms with E-state index in [0.29, 0.717) is 36.3 Å². The summed E-state index contributed by atoms with van der Waals surface area (Å²) in [5, 5.41) is 30.6. The highest BCUT2D eigenvalue weighted by atomic mass is 35.5. The van der Waals surface area contributed by atoms with Crippen molar-refractivity contribution in [1.82, 2.24) is 20.1 Å². The molecule has 0 bridgehead atoms. The minimum Gasteiger partial charge on any atom is -0.506 e. The summed E-state index contributed by atoms with van der Waals surface area (Å²) in [6.07, 6.45) is 8.90. The second kappa shape index (κ2) is 16.1. The highest BCUT2D eigenvalue weighted by Gasteiger charge is 2.54. The van der Waals surface area contributed by atoms with E-state index < -0.39 is 29.2 Å². The lowest BCUT2D eigenvalue weighted by Gasteiger charge is -2.49. The molecule has 16 nitrogen and oxygen atoms in total. The van der Waals surface area contributed by atoms with Crippen LogP contribution in [0.5, 0.6) is 5.75 Å². The first-order chi connectivity index (χ1) is 26.4. The van der Waals surface area contributed by atoms with Crippen LogP contribution in [0, 0.1) is 0 Å². The van der Waals surface area contributed by atoms with Gasteiger partial charge in [0, 0.05) is 47.6 Å². The van der Waals surface area contributed by atoms with E-state index in [2.05, 4.69) is 20.8 Å². The zero-order valence-electron chi connectivity index (χ0n) is 29.1. The van der Waals surface area contributed by atoms with Gasteiger partial charge in [-0.05, 0) is 67.5 Å². The summed E-state index contributed by atoms with van der Waals surface area (Å²) >= 11 is 8.33. The standard InChI is InChI=1S/C36H35ClN8O8S2/c37-24-14-22(5-6-26(24)46)39-27(47)16-43-10-7-19(8-11-43)15-44-12-9-20(32(44)49)13-21-17-54-34-29(33(50)45(34)30(21)35(51)52)41-31(48)28(25-18-55-36(38)40-25)42-53-23-3-1-2-4-23/h5-8,10-11,13-14,18,23,29,34H,1-4,9,12,15-17H2,(H5-,38,39,40,41,42,46,47,48,51,52)/p+1/t29-,34-/m1/s1. The number of halogens is 1. The molecule has 3 aromatic rings. The number of nitrogens with one attached hydrogen (secondary N) is 2. The largest absolute Gasteiger partial charge is 0.506 e. The SMILES string of the molecule is Nc1nc(/C(=N/OC2CCCC2)C(=O)N[C@@H]2C(=O)N3C(C(=O)O)=C(C=C4CCN(Cc5cc[n+](CC(=O)Nc6ccc(O)c(Cl)c6)cc5)C4=O)CS[C@H]23)cs1. The average molecular weight is 808 g/mol. The van der Waals surface area contributed by atoms with Gasteiger partial charge in [-0.15, -0.1) is 23.1 Å². The molecule has 1 aromatic carbocycles. The lowest BCUT2D eigenvalue weighted by atomic mass is 10.0. The summed E-state index contributed by atoms with van der Waals surface area (Å²) in [5.74, 6) is -3.05. The van der Waals surface area contributed by atoms with Crippen LogP contribution in [0.15, 0.2) is 76.2 Å². The van der Waals surface area contributed by atoms with Crippen molar-refractivity contribution < 1.29 is 43.6 Å². The van der Waals surface area contributed by atoms with Crippen molar-refractivity contribution in [2.75, 3.05) is 23.3 Å². The molecule has 7 rings (SSSR count). The number of phenolic OH excluding ortho intramolecular Hbond substituents is 1. The average Bonchev–Trinajstić information content (AvgIpc) is 3.92. The topological polar surface area (TPSA) is 221 Å². The lowest BCUT2D eigenvalue weighted by Crippen LogP contribution is -2.71. The fourth-order valence-electron chi connectivity index (χ4n) is 6.72. The van der Waals surface area contributed by atoms with Gasteiger partial charge < -0.3 is 36.3 Å². The Morgan fingerprint density at radius 3 is 2.62 bits per heavy atom. The number of hydrogen-bond donors (Lipinski definition) is 5. The van der Waals surface area contributed by atoms with Gasteiger partial charge in [0.25, 0.3) is 17.7 Å². The predicted molar refractivity (Wildman–Crippen MR) is 203 cm³/mol. The van der Waals surface area contributed by atoms with Crippen LogP contribution in [0.3, 0.4) is 0 Å². The lowest BCUT2D eigenvalue weighted by molar-refractivity contribution is -0.684. The van der Waals surface area contributed by atoms with Crippen LogP contribution in [0.25, 0.3) is 0 Å². The molecule has 6 N–H and O–H groups in total. The number of carbonyl (C=O) groups is 5. The summed E-state index contributed by atoms with van der Waals surface area (Å²) in [5.41, 5.74) is 7.69. The third kappa shape index (κ3) is 8.30. The number of allylic oxidation sites excluding steroid dienone is 1. The number of phenols is 1. The van der Waals surface area contributed by atoms with Crippen molar-refractivity contribution in [1.29, 1.82) is 0 Å². The molecule has 0 unspecified atom stereocenters. The third-order valence-electron chi connectivity index (χ3n) is 9.51. The van der Waals surface area contributed by atoms with Crippen molar-refractivity contribution >= 4 is 80.8 Å². The molecule has 286 valence electrons. The zero-order valence-corrected chi connectivity index (χ0v) is 31.5. The number of thiazole rings is 1. The number of nitrogen functional groups attached to an aromatic ring is 1. The van der Waals surface area contributed by atoms with Crippen molar-refractivity contribution in [3.05, 3.63) is 87.3 Å². The number of pyridine rings is 1. The maximum atomic E-state index is 13.4. The number of aromatic hydroxyl groups is 1. The Bertz CT molecular complexity index is 2150. The number of anilines is 2.